The Bertz CT molecular complexity index is 276. The van der Waals surface area contributed by atoms with Gasteiger partial charge in [0.25, 0.3) is 0 Å². The predicted octanol–water partition coefficient (Wildman–Crippen LogP) is -0.672. The van der Waals surface area contributed by atoms with Crippen molar-refractivity contribution in [3.8, 4) is 0 Å². The van der Waals surface area contributed by atoms with Gasteiger partial charge in [-0.15, -0.1) is 0 Å². The fourth-order valence-corrected chi connectivity index (χ4v) is 1.38. The largest absolute Gasteiger partial charge is 0.480 e. The number of nitrogens with two attached hydrogens (primary N) is 1. The number of likely N-dealkylation sites (tertiary alicyclic amines) is 1. The van der Waals surface area contributed by atoms with Gasteiger partial charge in [0.1, 0.15) is 12.5 Å². The predicted molar refractivity (Wildman–Crippen MR) is 50.8 cm³/mol. The number of carboxylic acids is 1. The van der Waals surface area contributed by atoms with Gasteiger partial charge in [0.15, 0.2) is 0 Å². The SMILES string of the molecule is N[C@@H](CCCCN1C(=O)CC1=O)C(=O)O. The smallest absolute Gasteiger partial charge is 0.320 e. The Labute approximate surface area is 87.0 Å². The Hall–Kier alpha value is -1.43. The van der Waals surface area contributed by atoms with E-state index in [9.17, 15) is 14.4 Å². The number of hydrogen-bond donors (Lipinski definition) is 2. The van der Waals surface area contributed by atoms with Crippen LogP contribution in [0.3, 0.4) is 0 Å². The molecule has 1 aliphatic heterocycles. The highest BCUT2D eigenvalue weighted by Crippen LogP contribution is 2.12. The molecule has 15 heavy (non-hydrogen) atoms. The van der Waals surface area contributed by atoms with E-state index < -0.39 is 12.0 Å². The van der Waals surface area contributed by atoms with Gasteiger partial charge in [0.05, 0.1) is 0 Å². The van der Waals surface area contributed by atoms with Crippen molar-refractivity contribution in [2.24, 2.45) is 5.73 Å². The first-order valence-corrected chi connectivity index (χ1v) is 4.84. The summed E-state index contributed by atoms with van der Waals surface area (Å²) in [5, 5.41) is 8.49. The summed E-state index contributed by atoms with van der Waals surface area (Å²) in [6.45, 7) is 0.379. The summed E-state index contributed by atoms with van der Waals surface area (Å²) in [6.07, 6.45) is 1.59. The molecule has 1 aliphatic rings. The number of carbonyl (C=O) groups is 3. The first-order chi connectivity index (χ1) is 7.02. The van der Waals surface area contributed by atoms with Gasteiger partial charge >= 0.3 is 5.97 Å². The van der Waals surface area contributed by atoms with Crippen LogP contribution < -0.4 is 5.73 Å². The zero-order valence-electron chi connectivity index (χ0n) is 8.31. The van der Waals surface area contributed by atoms with Crippen molar-refractivity contribution in [3.63, 3.8) is 0 Å². The van der Waals surface area contributed by atoms with Gasteiger partial charge in [-0.2, -0.15) is 0 Å². The first-order valence-electron chi connectivity index (χ1n) is 4.84. The summed E-state index contributed by atoms with van der Waals surface area (Å²) in [7, 11) is 0. The molecule has 0 aliphatic carbocycles. The molecule has 0 unspecified atom stereocenters. The zero-order chi connectivity index (χ0) is 11.4. The van der Waals surface area contributed by atoms with Crippen molar-refractivity contribution < 1.29 is 19.5 Å². The standard InChI is InChI=1S/C9H14N2O4/c10-6(9(14)15)3-1-2-4-11-7(12)5-8(11)13/h6H,1-5,10H2,(H,14,15)/t6-/m0/s1. The molecular weight excluding hydrogens is 200 g/mol. The summed E-state index contributed by atoms with van der Waals surface area (Å²) >= 11 is 0. The summed E-state index contributed by atoms with van der Waals surface area (Å²) in [4.78, 5) is 33.3. The number of amides is 2. The Balaban J connectivity index is 2.09. The Morgan fingerprint density at radius 1 is 1.40 bits per heavy atom. The minimum absolute atomic E-state index is 0.00857. The van der Waals surface area contributed by atoms with Gasteiger partial charge in [0.2, 0.25) is 11.8 Å². The lowest BCUT2D eigenvalue weighted by Gasteiger charge is -2.28. The number of imide groups is 1. The van der Waals surface area contributed by atoms with Crippen LogP contribution in [-0.2, 0) is 14.4 Å². The van der Waals surface area contributed by atoms with Crippen LogP contribution >= 0.6 is 0 Å². The number of unbranched alkanes of at least 4 members (excludes halogenated alkanes) is 1. The van der Waals surface area contributed by atoms with Gasteiger partial charge in [-0.1, -0.05) is 0 Å². The van der Waals surface area contributed by atoms with Crippen LogP contribution in [0.1, 0.15) is 25.7 Å². The van der Waals surface area contributed by atoms with E-state index >= 15 is 0 Å². The lowest BCUT2D eigenvalue weighted by atomic mass is 10.1. The topological polar surface area (TPSA) is 101 Å². The molecule has 3 N–H and O–H groups in total. The molecule has 0 spiro atoms. The summed E-state index contributed by atoms with van der Waals surface area (Å²) in [5.74, 6) is -1.32. The van der Waals surface area contributed by atoms with Crippen LogP contribution in [0.15, 0.2) is 0 Å². The first kappa shape index (κ1) is 11.6. The molecule has 0 bridgehead atoms. The molecule has 0 aromatic heterocycles. The van der Waals surface area contributed by atoms with Gasteiger partial charge in [0, 0.05) is 6.54 Å². The number of β-lactam (4-membered cyclic amide) rings is 2. The molecule has 1 atom stereocenters. The van der Waals surface area contributed by atoms with E-state index in [0.717, 1.165) is 0 Å². The zero-order valence-corrected chi connectivity index (χ0v) is 8.31. The van der Waals surface area contributed by atoms with Crippen molar-refractivity contribution in [3.05, 3.63) is 0 Å². The molecule has 1 saturated heterocycles. The van der Waals surface area contributed by atoms with E-state index in [1.807, 2.05) is 0 Å². The summed E-state index contributed by atoms with van der Waals surface area (Å²) in [5.41, 5.74) is 5.29. The second-order valence-corrected chi connectivity index (χ2v) is 3.56. The Morgan fingerprint density at radius 3 is 2.47 bits per heavy atom. The maximum Gasteiger partial charge on any atom is 0.320 e. The third-order valence-corrected chi connectivity index (χ3v) is 2.37. The lowest BCUT2D eigenvalue weighted by Crippen LogP contribution is -2.49. The number of aliphatic carboxylic acids is 1. The molecule has 0 aromatic rings. The number of carbonyl (C=O) groups excluding carboxylic acids is 2. The lowest BCUT2D eigenvalue weighted by molar-refractivity contribution is -0.157. The average Bonchev–Trinajstić information content (AvgIpc) is 2.16. The fourth-order valence-electron chi connectivity index (χ4n) is 1.38. The van der Waals surface area contributed by atoms with Crippen molar-refractivity contribution in [2.75, 3.05) is 6.54 Å². The molecule has 0 saturated carbocycles. The molecule has 0 radical (unpaired) electrons. The van der Waals surface area contributed by atoms with Crippen LogP contribution in [0.5, 0.6) is 0 Å². The molecule has 6 heteroatoms. The number of carboxylic acid groups (broad SMARTS) is 1. The van der Waals surface area contributed by atoms with E-state index in [2.05, 4.69) is 0 Å². The second kappa shape index (κ2) is 4.88. The quantitative estimate of drug-likeness (QED) is 0.347. The third-order valence-electron chi connectivity index (χ3n) is 2.37. The van der Waals surface area contributed by atoms with Crippen LogP contribution in [0, 0.1) is 0 Å². The molecule has 1 fully saturated rings. The fraction of sp³-hybridized carbons (Fsp3) is 0.667. The molecule has 84 valence electrons. The average molecular weight is 214 g/mol. The van der Waals surface area contributed by atoms with Gasteiger partial charge < -0.3 is 10.8 Å². The minimum Gasteiger partial charge on any atom is -0.480 e. The van der Waals surface area contributed by atoms with Crippen LogP contribution in [0.2, 0.25) is 0 Å². The molecular formula is C9H14N2O4. The summed E-state index contributed by atoms with van der Waals surface area (Å²) in [6, 6.07) is -0.854. The summed E-state index contributed by atoms with van der Waals surface area (Å²) < 4.78 is 0. The Morgan fingerprint density at radius 2 is 2.00 bits per heavy atom. The molecule has 1 rings (SSSR count). The minimum atomic E-state index is -1.02. The van der Waals surface area contributed by atoms with Crippen LogP contribution in [0.25, 0.3) is 0 Å². The normalized spacial score (nSPS) is 17.5. The van der Waals surface area contributed by atoms with E-state index in [1.54, 1.807) is 0 Å². The van der Waals surface area contributed by atoms with Crippen molar-refractivity contribution in [2.45, 2.75) is 31.7 Å². The number of rotatable bonds is 6. The maximum atomic E-state index is 10.9. The highest BCUT2D eigenvalue weighted by Gasteiger charge is 2.33. The second-order valence-electron chi connectivity index (χ2n) is 3.56. The van der Waals surface area contributed by atoms with E-state index in [-0.39, 0.29) is 18.2 Å². The maximum absolute atomic E-state index is 10.9. The monoisotopic (exact) mass is 214 g/mol. The molecule has 1 heterocycles. The third kappa shape index (κ3) is 3.02. The molecule has 2 amide bonds. The van der Waals surface area contributed by atoms with Gasteiger partial charge in [-0.05, 0) is 19.3 Å². The van der Waals surface area contributed by atoms with Crippen molar-refractivity contribution in [1.82, 2.24) is 4.90 Å². The van der Waals surface area contributed by atoms with Crippen molar-refractivity contribution in [1.29, 1.82) is 0 Å². The molecule has 6 nitrogen and oxygen atoms in total. The van der Waals surface area contributed by atoms with Crippen LogP contribution in [-0.4, -0.2) is 40.4 Å². The van der Waals surface area contributed by atoms with E-state index in [0.29, 0.717) is 25.8 Å². The highest BCUT2D eigenvalue weighted by atomic mass is 16.4. The Kier molecular flexibility index (Phi) is 3.79. The van der Waals surface area contributed by atoms with Crippen LogP contribution in [0.4, 0.5) is 0 Å². The number of nitrogens with zero attached hydrogens (tertiary/aromatic N) is 1. The van der Waals surface area contributed by atoms with Crippen molar-refractivity contribution >= 4 is 17.8 Å². The van der Waals surface area contributed by atoms with Gasteiger partial charge in [-0.25, -0.2) is 0 Å². The molecule has 0 aromatic carbocycles. The van der Waals surface area contributed by atoms with Gasteiger partial charge in [-0.3, -0.25) is 19.3 Å². The number of hydrogen-bond acceptors (Lipinski definition) is 4. The van der Waals surface area contributed by atoms with E-state index in [4.69, 9.17) is 10.8 Å². The van der Waals surface area contributed by atoms with E-state index in [1.165, 1.54) is 4.90 Å². The highest BCUT2D eigenvalue weighted by molar-refractivity contribution is 6.14.